The summed E-state index contributed by atoms with van der Waals surface area (Å²) in [5.74, 6) is -45.6. The van der Waals surface area contributed by atoms with Gasteiger partial charge >= 0.3 is 47.4 Å². The number of ketones is 2. The van der Waals surface area contributed by atoms with E-state index in [4.69, 9.17) is 0 Å². The second-order valence-corrected chi connectivity index (χ2v) is 6.66. The lowest BCUT2D eigenvalue weighted by Gasteiger charge is -2.26. The highest BCUT2D eigenvalue weighted by Crippen LogP contribution is 2.64. The number of carbonyl (C=O) groups is 2. The smallest absolute Gasteiger partial charge is 0.402 e. The van der Waals surface area contributed by atoms with Crippen LogP contribution in [0.2, 0.25) is 0 Å². The van der Waals surface area contributed by atoms with E-state index in [-0.39, 0.29) is 0 Å². The van der Waals surface area contributed by atoms with Gasteiger partial charge in [0.1, 0.15) is 0 Å². The van der Waals surface area contributed by atoms with Crippen molar-refractivity contribution in [3.8, 4) is 0 Å². The van der Waals surface area contributed by atoms with Gasteiger partial charge < -0.3 is 4.74 Å². The summed E-state index contributed by atoms with van der Waals surface area (Å²) in [5.41, 5.74) is 0. The number of halogens is 16. The summed E-state index contributed by atoms with van der Waals surface area (Å²) in [7, 11) is 0. The third-order valence-corrected chi connectivity index (χ3v) is 4.66. The lowest BCUT2D eigenvalue weighted by atomic mass is 10.0. The molecule has 0 aromatic heterocycles. The quantitative estimate of drug-likeness (QED) is 0.158. The fourth-order valence-electron chi connectivity index (χ4n) is 2.65. The van der Waals surface area contributed by atoms with Gasteiger partial charge in [-0.25, -0.2) is 8.78 Å². The van der Waals surface area contributed by atoms with Gasteiger partial charge in [-0.3, -0.25) is 9.59 Å². The van der Waals surface area contributed by atoms with E-state index in [1.807, 2.05) is 0 Å². The molecule has 0 saturated carbocycles. The molecule has 2 aliphatic heterocycles. The Labute approximate surface area is 180 Å². The first-order valence-corrected chi connectivity index (χ1v) is 8.00. The summed E-state index contributed by atoms with van der Waals surface area (Å²) >= 11 is 0. The van der Waals surface area contributed by atoms with Crippen LogP contribution in [0.5, 0.6) is 0 Å². The van der Waals surface area contributed by atoms with Crippen LogP contribution in [0.1, 0.15) is 0 Å². The molecule has 0 aliphatic carbocycles. The van der Waals surface area contributed by atoms with E-state index in [9.17, 15) is 80.0 Å². The van der Waals surface area contributed by atoms with Crippen molar-refractivity contribution in [3.63, 3.8) is 0 Å². The molecule has 2 atom stereocenters. The Bertz CT molecular complexity index is 905. The lowest BCUT2D eigenvalue weighted by molar-refractivity contribution is -0.323. The topological polar surface area (TPSA) is 49.9 Å². The molecular formula is C14H4F16N2O3. The Morgan fingerprint density at radius 3 is 0.971 bits per heavy atom. The standard InChI is InChI=1S/C14H4F16N2O3/c15-7(9(17,18)11(21,22)13(25,26)31(7)29)5(33)1-3-35-4-2-6(34)8(16)10(19,20)12(23,24)14(27,28)32(8)30/h1-4H/t7-,8-/m1/s1. The maximum absolute atomic E-state index is 14.0. The second-order valence-electron chi connectivity index (χ2n) is 6.66. The van der Waals surface area contributed by atoms with Crippen LogP contribution in [0.15, 0.2) is 24.7 Å². The first-order chi connectivity index (χ1) is 15.4. The predicted octanol–water partition coefficient (Wildman–Crippen LogP) is 4.63. The minimum Gasteiger partial charge on any atom is -0.472 e. The van der Waals surface area contributed by atoms with Gasteiger partial charge in [0, 0.05) is 12.2 Å². The molecule has 0 unspecified atom stereocenters. The van der Waals surface area contributed by atoms with Crippen molar-refractivity contribution in [2.75, 3.05) is 0 Å². The molecule has 2 fully saturated rings. The Hall–Kier alpha value is -2.58. The first-order valence-electron chi connectivity index (χ1n) is 8.00. The molecule has 35 heavy (non-hydrogen) atoms. The largest absolute Gasteiger partial charge is 0.472 e. The number of nitrogens with zero attached hydrogens (tertiary/aromatic N) is 2. The molecule has 2 aliphatic rings. The molecule has 200 valence electrons. The van der Waals surface area contributed by atoms with Crippen molar-refractivity contribution < 1.29 is 84.8 Å². The Morgan fingerprint density at radius 1 is 0.514 bits per heavy atom. The molecule has 2 heterocycles. The normalized spacial score (nSPS) is 35.1. The van der Waals surface area contributed by atoms with Crippen LogP contribution in [0.3, 0.4) is 0 Å². The van der Waals surface area contributed by atoms with Crippen LogP contribution in [0.4, 0.5) is 70.4 Å². The molecule has 0 N–H and O–H groups in total. The van der Waals surface area contributed by atoms with Gasteiger partial charge in [-0.2, -0.15) is 52.7 Å². The van der Waals surface area contributed by atoms with Crippen molar-refractivity contribution in [1.29, 1.82) is 0 Å². The summed E-state index contributed by atoms with van der Waals surface area (Å²) in [6.45, 7) is 0. The third-order valence-electron chi connectivity index (χ3n) is 4.66. The zero-order valence-electron chi connectivity index (χ0n) is 15.5. The van der Waals surface area contributed by atoms with Crippen LogP contribution in [0.25, 0.3) is 0 Å². The van der Waals surface area contributed by atoms with Gasteiger partial charge in [0.25, 0.3) is 0 Å². The third kappa shape index (κ3) is 2.99. The Kier molecular flexibility index (Phi) is 6.11. The molecule has 0 aromatic carbocycles. The zero-order valence-corrected chi connectivity index (χ0v) is 15.5. The van der Waals surface area contributed by atoms with Crippen LogP contribution in [-0.4, -0.2) is 69.2 Å². The first kappa shape index (κ1) is 28.7. The molecular weight excluding hydrogens is 548 g/mol. The molecule has 0 spiro atoms. The fraction of sp³-hybridized carbons (Fsp3) is 0.571. The highest BCUT2D eigenvalue weighted by atomic mass is 19.4. The number of hydrogen-bond donors (Lipinski definition) is 0. The van der Waals surface area contributed by atoms with Crippen LogP contribution < -0.4 is 0 Å². The van der Waals surface area contributed by atoms with Crippen molar-refractivity contribution >= 4 is 11.6 Å². The summed E-state index contributed by atoms with van der Waals surface area (Å²) in [4.78, 5) is 22.7. The molecule has 0 amide bonds. The monoisotopic (exact) mass is 552 g/mol. The average molecular weight is 552 g/mol. The highest BCUT2D eigenvalue weighted by Gasteiger charge is 2.95. The van der Waals surface area contributed by atoms with Crippen molar-refractivity contribution in [3.05, 3.63) is 24.7 Å². The van der Waals surface area contributed by atoms with E-state index >= 15 is 0 Å². The number of hydrogen-bond acceptors (Lipinski definition) is 5. The molecule has 2 rings (SSSR count). The van der Waals surface area contributed by atoms with E-state index in [0.717, 1.165) is 0 Å². The highest BCUT2D eigenvalue weighted by molar-refractivity contribution is 5.98. The summed E-state index contributed by atoms with van der Waals surface area (Å²) in [6, 6.07) is -13.1. The van der Waals surface area contributed by atoms with Gasteiger partial charge in [0.2, 0.25) is 11.6 Å². The molecule has 21 heteroatoms. The van der Waals surface area contributed by atoms with E-state index in [1.165, 1.54) is 0 Å². The second kappa shape index (κ2) is 7.46. The SMILES string of the molecule is O=C(C=COC=CC(=O)[C@@]1(F)N(F)C(F)(F)C(F)(F)C1(F)F)[C@@]1(F)N(F)C(F)(F)C(F)(F)C1(F)F. The summed E-state index contributed by atoms with van der Waals surface area (Å²) in [5, 5.41) is -6.23. The molecule has 0 radical (unpaired) electrons. The summed E-state index contributed by atoms with van der Waals surface area (Å²) in [6.07, 6.45) is -2.68. The Morgan fingerprint density at radius 2 is 0.771 bits per heavy atom. The molecule has 0 bridgehead atoms. The van der Waals surface area contributed by atoms with E-state index < -0.39 is 93.9 Å². The van der Waals surface area contributed by atoms with Gasteiger partial charge in [-0.15, -0.1) is 8.96 Å². The number of alkyl halides is 14. The maximum atomic E-state index is 14.0. The maximum Gasteiger partial charge on any atom is 0.402 e. The van der Waals surface area contributed by atoms with E-state index in [1.54, 1.807) is 0 Å². The van der Waals surface area contributed by atoms with Crippen molar-refractivity contribution in [2.45, 2.75) is 47.4 Å². The number of rotatable bonds is 6. The lowest BCUT2D eigenvalue weighted by Crippen LogP contribution is -2.57. The predicted molar refractivity (Wildman–Crippen MR) is 72.6 cm³/mol. The van der Waals surface area contributed by atoms with Crippen LogP contribution in [0, 0.1) is 0 Å². The minimum absolute atomic E-state index is 0.528. The van der Waals surface area contributed by atoms with Crippen molar-refractivity contribution in [2.24, 2.45) is 0 Å². The number of ether oxygens (including phenoxy) is 1. The van der Waals surface area contributed by atoms with Crippen LogP contribution >= 0.6 is 0 Å². The van der Waals surface area contributed by atoms with Gasteiger partial charge in [-0.05, 0) is 10.2 Å². The fourth-order valence-corrected chi connectivity index (χ4v) is 2.65. The Balaban J connectivity index is 2.23. The van der Waals surface area contributed by atoms with Crippen LogP contribution in [-0.2, 0) is 14.3 Å². The summed E-state index contributed by atoms with van der Waals surface area (Å²) < 4.78 is 216. The minimum atomic E-state index is -6.79. The van der Waals surface area contributed by atoms with E-state index in [2.05, 4.69) is 4.74 Å². The molecule has 5 nitrogen and oxygen atoms in total. The van der Waals surface area contributed by atoms with Gasteiger partial charge in [0.15, 0.2) is 0 Å². The van der Waals surface area contributed by atoms with Gasteiger partial charge in [-0.1, -0.05) is 0 Å². The molecule has 2 saturated heterocycles. The van der Waals surface area contributed by atoms with Gasteiger partial charge in [0.05, 0.1) is 12.5 Å². The molecule has 0 aromatic rings. The zero-order chi connectivity index (χ0) is 27.8. The average Bonchev–Trinajstić information content (AvgIpc) is 2.85. The number of carbonyl (C=O) groups excluding carboxylic acids is 2. The van der Waals surface area contributed by atoms with Crippen molar-refractivity contribution in [1.82, 2.24) is 10.2 Å². The van der Waals surface area contributed by atoms with E-state index in [0.29, 0.717) is 0 Å².